The van der Waals surface area contributed by atoms with Crippen LogP contribution in [0.15, 0.2) is 28.7 Å². The topological polar surface area (TPSA) is 63.5 Å². The van der Waals surface area contributed by atoms with E-state index in [-0.39, 0.29) is 18.6 Å². The van der Waals surface area contributed by atoms with E-state index in [4.69, 9.17) is 4.74 Å². The standard InChI is InChI=1S/C19H25BrN2O3/c1-5-25-14-10-19(24,18(14,2)3)11-21-17(23)16-15(20)12-8-6-7-9-13(12)22(16)4/h6-9,14,24H,5,10-11H2,1-4H3,(H,21,23)/t14-,19+/m1/s1. The van der Waals surface area contributed by atoms with Crippen LogP contribution in [0, 0.1) is 5.41 Å². The number of aliphatic hydroxyl groups is 1. The summed E-state index contributed by atoms with van der Waals surface area (Å²) in [5.74, 6) is -0.199. The Balaban J connectivity index is 1.76. The molecule has 1 fully saturated rings. The fourth-order valence-electron chi connectivity index (χ4n) is 3.67. The van der Waals surface area contributed by atoms with Crippen molar-refractivity contribution in [2.45, 2.75) is 38.9 Å². The van der Waals surface area contributed by atoms with Gasteiger partial charge in [0.05, 0.1) is 16.2 Å². The lowest BCUT2D eigenvalue weighted by atomic mass is 9.56. The van der Waals surface area contributed by atoms with Crippen molar-refractivity contribution in [3.63, 3.8) is 0 Å². The Morgan fingerprint density at radius 3 is 2.72 bits per heavy atom. The lowest BCUT2D eigenvalue weighted by molar-refractivity contribution is -0.237. The van der Waals surface area contributed by atoms with Gasteiger partial charge >= 0.3 is 0 Å². The number of para-hydroxylation sites is 1. The Labute approximate surface area is 156 Å². The molecule has 1 heterocycles. The van der Waals surface area contributed by atoms with Crippen LogP contribution in [0.25, 0.3) is 10.9 Å². The second-order valence-electron chi connectivity index (χ2n) is 7.32. The first-order valence-corrected chi connectivity index (χ1v) is 9.37. The minimum absolute atomic E-state index is 0.0174. The highest BCUT2D eigenvalue weighted by Gasteiger charge is 2.60. The van der Waals surface area contributed by atoms with Gasteiger partial charge in [-0.1, -0.05) is 32.0 Å². The number of benzene rings is 1. The molecule has 1 amide bonds. The zero-order chi connectivity index (χ0) is 18.4. The van der Waals surface area contributed by atoms with Crippen molar-refractivity contribution in [3.05, 3.63) is 34.4 Å². The minimum atomic E-state index is -0.959. The third-order valence-corrected chi connectivity index (χ3v) is 6.50. The van der Waals surface area contributed by atoms with Crippen molar-refractivity contribution in [1.82, 2.24) is 9.88 Å². The average Bonchev–Trinajstić information content (AvgIpc) is 2.84. The van der Waals surface area contributed by atoms with Crippen LogP contribution in [0.3, 0.4) is 0 Å². The Hall–Kier alpha value is -1.37. The van der Waals surface area contributed by atoms with Crippen molar-refractivity contribution in [2.24, 2.45) is 12.5 Å². The van der Waals surface area contributed by atoms with Gasteiger partial charge in [-0.15, -0.1) is 0 Å². The number of amides is 1. The summed E-state index contributed by atoms with van der Waals surface area (Å²) in [5.41, 5.74) is 0.188. The van der Waals surface area contributed by atoms with Gasteiger partial charge in [-0.05, 0) is 28.9 Å². The van der Waals surface area contributed by atoms with Gasteiger partial charge in [0, 0.05) is 42.9 Å². The van der Waals surface area contributed by atoms with Crippen LogP contribution < -0.4 is 5.32 Å². The molecule has 1 saturated carbocycles. The molecule has 2 N–H and O–H groups in total. The van der Waals surface area contributed by atoms with E-state index in [1.54, 1.807) is 0 Å². The molecular formula is C19H25BrN2O3. The molecule has 0 radical (unpaired) electrons. The number of hydrogen-bond acceptors (Lipinski definition) is 3. The summed E-state index contributed by atoms with van der Waals surface area (Å²) in [4.78, 5) is 12.8. The molecule has 1 aromatic carbocycles. The van der Waals surface area contributed by atoms with Crippen molar-refractivity contribution in [3.8, 4) is 0 Å². The number of hydrogen-bond donors (Lipinski definition) is 2. The zero-order valence-electron chi connectivity index (χ0n) is 15.1. The Morgan fingerprint density at radius 1 is 1.44 bits per heavy atom. The van der Waals surface area contributed by atoms with Crippen molar-refractivity contribution >= 4 is 32.7 Å². The molecule has 0 aliphatic heterocycles. The summed E-state index contributed by atoms with van der Waals surface area (Å²) in [6, 6.07) is 7.85. The summed E-state index contributed by atoms with van der Waals surface area (Å²) in [7, 11) is 1.87. The molecule has 2 aromatic rings. The predicted octanol–water partition coefficient (Wildman–Crippen LogP) is 3.24. The van der Waals surface area contributed by atoms with Crippen LogP contribution in [0.4, 0.5) is 0 Å². The number of carbonyl (C=O) groups excluding carboxylic acids is 1. The normalized spacial score (nSPS) is 25.0. The second-order valence-corrected chi connectivity index (χ2v) is 8.12. The number of rotatable bonds is 5. The van der Waals surface area contributed by atoms with Gasteiger partial charge in [0.25, 0.3) is 5.91 Å². The van der Waals surface area contributed by atoms with E-state index in [0.717, 1.165) is 15.4 Å². The molecule has 25 heavy (non-hydrogen) atoms. The maximum Gasteiger partial charge on any atom is 0.269 e. The summed E-state index contributed by atoms with van der Waals surface area (Å²) in [6.45, 7) is 6.74. The molecule has 1 aromatic heterocycles. The molecule has 136 valence electrons. The predicted molar refractivity (Wildman–Crippen MR) is 102 cm³/mol. The second kappa shape index (κ2) is 6.41. The van der Waals surface area contributed by atoms with E-state index in [9.17, 15) is 9.90 Å². The molecule has 1 aliphatic rings. The Bertz CT molecular complexity index is 775. The van der Waals surface area contributed by atoms with Gasteiger partial charge in [0.15, 0.2) is 0 Å². The molecule has 2 atom stereocenters. The maximum atomic E-state index is 12.8. The van der Waals surface area contributed by atoms with E-state index < -0.39 is 11.0 Å². The third-order valence-electron chi connectivity index (χ3n) is 5.70. The summed E-state index contributed by atoms with van der Waals surface area (Å²) < 4.78 is 8.32. The van der Waals surface area contributed by atoms with Crippen LogP contribution in [-0.4, -0.2) is 40.4 Å². The summed E-state index contributed by atoms with van der Waals surface area (Å²) >= 11 is 3.54. The third kappa shape index (κ3) is 2.80. The number of halogens is 1. The Kier molecular flexibility index (Phi) is 4.73. The van der Waals surface area contributed by atoms with Gasteiger partial charge in [-0.25, -0.2) is 0 Å². The molecule has 0 unspecified atom stereocenters. The highest BCUT2D eigenvalue weighted by molar-refractivity contribution is 9.10. The number of aryl methyl sites for hydroxylation is 1. The average molecular weight is 409 g/mol. The monoisotopic (exact) mass is 408 g/mol. The first-order chi connectivity index (χ1) is 11.7. The van der Waals surface area contributed by atoms with Crippen LogP contribution in [0.2, 0.25) is 0 Å². The van der Waals surface area contributed by atoms with Crippen molar-refractivity contribution < 1.29 is 14.6 Å². The van der Waals surface area contributed by atoms with E-state index in [0.29, 0.717) is 18.7 Å². The first kappa shape index (κ1) is 18.4. The Morgan fingerprint density at radius 2 is 2.12 bits per heavy atom. The number of aromatic nitrogens is 1. The fourth-order valence-corrected chi connectivity index (χ4v) is 4.45. The molecule has 0 spiro atoms. The van der Waals surface area contributed by atoms with Gasteiger partial charge in [0.1, 0.15) is 5.69 Å². The number of ether oxygens (including phenoxy) is 1. The molecule has 0 saturated heterocycles. The van der Waals surface area contributed by atoms with Gasteiger partial charge < -0.3 is 19.7 Å². The molecular weight excluding hydrogens is 384 g/mol. The first-order valence-electron chi connectivity index (χ1n) is 8.58. The SMILES string of the molecule is CCO[C@@H]1C[C@](O)(CNC(=O)c2c(Br)c3ccccc3n2C)C1(C)C. The van der Waals surface area contributed by atoms with E-state index in [2.05, 4.69) is 21.2 Å². The molecule has 0 bridgehead atoms. The van der Waals surface area contributed by atoms with Crippen LogP contribution >= 0.6 is 15.9 Å². The molecule has 5 nitrogen and oxygen atoms in total. The van der Waals surface area contributed by atoms with Gasteiger partial charge in [-0.2, -0.15) is 0 Å². The van der Waals surface area contributed by atoms with Crippen molar-refractivity contribution in [2.75, 3.05) is 13.2 Å². The maximum absolute atomic E-state index is 12.8. The quantitative estimate of drug-likeness (QED) is 0.797. The highest BCUT2D eigenvalue weighted by Crippen LogP contribution is 2.51. The largest absolute Gasteiger partial charge is 0.387 e. The molecule has 6 heteroatoms. The lowest BCUT2D eigenvalue weighted by Crippen LogP contribution is -2.68. The minimum Gasteiger partial charge on any atom is -0.387 e. The number of carbonyl (C=O) groups is 1. The van der Waals surface area contributed by atoms with Crippen LogP contribution in [-0.2, 0) is 11.8 Å². The fraction of sp³-hybridized carbons (Fsp3) is 0.526. The van der Waals surface area contributed by atoms with E-state index >= 15 is 0 Å². The van der Waals surface area contributed by atoms with Crippen molar-refractivity contribution in [1.29, 1.82) is 0 Å². The lowest BCUT2D eigenvalue weighted by Gasteiger charge is -2.57. The van der Waals surface area contributed by atoms with E-state index in [1.165, 1.54) is 0 Å². The van der Waals surface area contributed by atoms with Gasteiger partial charge in [0.2, 0.25) is 0 Å². The molecule has 1 aliphatic carbocycles. The van der Waals surface area contributed by atoms with E-state index in [1.807, 2.05) is 56.7 Å². The summed E-state index contributed by atoms with van der Waals surface area (Å²) in [5, 5.41) is 14.8. The van der Waals surface area contributed by atoms with Crippen LogP contribution in [0.1, 0.15) is 37.7 Å². The molecule has 3 rings (SSSR count). The van der Waals surface area contributed by atoms with Crippen LogP contribution in [0.5, 0.6) is 0 Å². The van der Waals surface area contributed by atoms with Gasteiger partial charge in [-0.3, -0.25) is 4.79 Å². The zero-order valence-corrected chi connectivity index (χ0v) is 16.7. The number of nitrogens with zero attached hydrogens (tertiary/aromatic N) is 1. The highest BCUT2D eigenvalue weighted by atomic mass is 79.9. The number of nitrogens with one attached hydrogen (secondary N) is 1. The smallest absolute Gasteiger partial charge is 0.269 e. The number of fused-ring (bicyclic) bond motifs is 1. The summed E-state index contributed by atoms with van der Waals surface area (Å²) in [6.07, 6.45) is 0.550.